The predicted octanol–water partition coefficient (Wildman–Crippen LogP) is 3.34. The van der Waals surface area contributed by atoms with E-state index in [4.69, 9.17) is 14.2 Å². The summed E-state index contributed by atoms with van der Waals surface area (Å²) in [5.41, 5.74) is 1.43. The van der Waals surface area contributed by atoms with Crippen molar-refractivity contribution in [3.8, 4) is 11.5 Å². The number of ether oxygens (including phenoxy) is 3. The van der Waals surface area contributed by atoms with Crippen LogP contribution in [0.4, 0.5) is 5.69 Å². The molecule has 3 aromatic carbocycles. The van der Waals surface area contributed by atoms with Crippen LogP contribution in [-0.2, 0) is 20.7 Å². The summed E-state index contributed by atoms with van der Waals surface area (Å²) in [6.45, 7) is 0.655. The first-order chi connectivity index (χ1) is 13.7. The minimum Gasteiger partial charge on any atom is -0.486 e. The molecule has 0 saturated heterocycles. The number of fused-ring (bicyclic) bond motifs is 2. The molecule has 1 amide bonds. The van der Waals surface area contributed by atoms with Crippen molar-refractivity contribution in [3.05, 3.63) is 66.2 Å². The lowest BCUT2D eigenvalue weighted by Gasteiger charge is -2.18. The third-order valence-electron chi connectivity index (χ3n) is 4.38. The molecule has 1 N–H and O–H groups in total. The van der Waals surface area contributed by atoms with Crippen molar-refractivity contribution < 1.29 is 23.8 Å². The lowest BCUT2D eigenvalue weighted by atomic mass is 10.1. The Balaban J connectivity index is 1.32. The summed E-state index contributed by atoms with van der Waals surface area (Å²) >= 11 is 0. The van der Waals surface area contributed by atoms with Crippen LogP contribution in [0.25, 0.3) is 10.8 Å². The quantitative estimate of drug-likeness (QED) is 0.691. The smallest absolute Gasteiger partial charge is 0.310 e. The molecule has 1 heterocycles. The third kappa shape index (κ3) is 4.06. The van der Waals surface area contributed by atoms with E-state index in [0.29, 0.717) is 30.4 Å². The Kier molecular flexibility index (Phi) is 5.10. The normalized spacial score (nSPS) is 12.4. The van der Waals surface area contributed by atoms with E-state index in [0.717, 1.165) is 16.3 Å². The molecule has 3 aromatic rings. The van der Waals surface area contributed by atoms with E-state index < -0.39 is 5.97 Å². The van der Waals surface area contributed by atoms with Gasteiger partial charge in [-0.3, -0.25) is 9.59 Å². The number of nitrogens with one attached hydrogen (secondary N) is 1. The molecular formula is C22H19NO5. The van der Waals surface area contributed by atoms with E-state index in [1.807, 2.05) is 42.5 Å². The fourth-order valence-corrected chi connectivity index (χ4v) is 3.08. The standard InChI is InChI=1S/C22H19NO5/c24-21(23-18-7-3-5-16-4-1-2-6-17(16)18)14-28-22(25)13-15-8-9-19-20(12-15)27-11-10-26-19/h1-9,12H,10-11,13-14H2,(H,23,24). The van der Waals surface area contributed by atoms with Gasteiger partial charge in [-0.25, -0.2) is 0 Å². The summed E-state index contributed by atoms with van der Waals surface area (Å²) < 4.78 is 16.1. The van der Waals surface area contributed by atoms with Gasteiger partial charge in [-0.2, -0.15) is 0 Å². The molecule has 0 aromatic heterocycles. The summed E-state index contributed by atoms with van der Waals surface area (Å²) in [4.78, 5) is 24.3. The zero-order valence-electron chi connectivity index (χ0n) is 15.1. The van der Waals surface area contributed by atoms with E-state index >= 15 is 0 Å². The molecule has 28 heavy (non-hydrogen) atoms. The first-order valence-electron chi connectivity index (χ1n) is 9.01. The fourth-order valence-electron chi connectivity index (χ4n) is 3.08. The Morgan fingerprint density at radius 3 is 2.61 bits per heavy atom. The minimum atomic E-state index is -0.482. The zero-order chi connectivity index (χ0) is 19.3. The average molecular weight is 377 g/mol. The molecule has 1 aliphatic heterocycles. The highest BCUT2D eigenvalue weighted by atomic mass is 16.6. The number of anilines is 1. The zero-order valence-corrected chi connectivity index (χ0v) is 15.1. The third-order valence-corrected chi connectivity index (χ3v) is 4.38. The van der Waals surface area contributed by atoms with Crippen LogP contribution in [-0.4, -0.2) is 31.7 Å². The molecule has 1 aliphatic rings. The number of benzene rings is 3. The van der Waals surface area contributed by atoms with Crippen molar-refractivity contribution >= 4 is 28.3 Å². The largest absolute Gasteiger partial charge is 0.486 e. The molecule has 0 radical (unpaired) electrons. The number of carbonyl (C=O) groups excluding carboxylic acids is 2. The van der Waals surface area contributed by atoms with Crippen molar-refractivity contribution in [3.63, 3.8) is 0 Å². The molecule has 0 unspecified atom stereocenters. The highest BCUT2D eigenvalue weighted by Gasteiger charge is 2.14. The van der Waals surface area contributed by atoms with Gasteiger partial charge in [0.2, 0.25) is 0 Å². The monoisotopic (exact) mass is 377 g/mol. The number of amides is 1. The van der Waals surface area contributed by atoms with Crippen LogP contribution in [0, 0.1) is 0 Å². The van der Waals surface area contributed by atoms with Gasteiger partial charge in [0.25, 0.3) is 5.91 Å². The Hall–Kier alpha value is -3.54. The molecule has 0 fully saturated rings. The molecule has 0 aliphatic carbocycles. The summed E-state index contributed by atoms with van der Waals surface area (Å²) in [7, 11) is 0. The van der Waals surface area contributed by atoms with Crippen LogP contribution < -0.4 is 14.8 Å². The molecule has 0 saturated carbocycles. The van der Waals surface area contributed by atoms with Gasteiger partial charge in [-0.1, -0.05) is 42.5 Å². The van der Waals surface area contributed by atoms with Gasteiger partial charge in [0.15, 0.2) is 18.1 Å². The maximum atomic E-state index is 12.2. The van der Waals surface area contributed by atoms with Crippen molar-refractivity contribution in [1.29, 1.82) is 0 Å². The van der Waals surface area contributed by atoms with Gasteiger partial charge in [-0.05, 0) is 29.1 Å². The highest BCUT2D eigenvalue weighted by molar-refractivity contribution is 6.02. The van der Waals surface area contributed by atoms with E-state index in [1.165, 1.54) is 0 Å². The van der Waals surface area contributed by atoms with Crippen LogP contribution in [0.3, 0.4) is 0 Å². The van der Waals surface area contributed by atoms with Gasteiger partial charge in [-0.15, -0.1) is 0 Å². The maximum Gasteiger partial charge on any atom is 0.310 e. The number of rotatable bonds is 5. The molecule has 142 valence electrons. The van der Waals surface area contributed by atoms with Crippen molar-refractivity contribution in [2.75, 3.05) is 25.1 Å². The average Bonchev–Trinajstić information content (AvgIpc) is 2.72. The number of hydrogen-bond donors (Lipinski definition) is 1. The lowest BCUT2D eigenvalue weighted by molar-refractivity contribution is -0.146. The summed E-state index contributed by atoms with van der Waals surface area (Å²) in [6, 6.07) is 18.7. The van der Waals surface area contributed by atoms with Gasteiger partial charge >= 0.3 is 5.97 Å². The highest BCUT2D eigenvalue weighted by Crippen LogP contribution is 2.31. The van der Waals surface area contributed by atoms with Crippen LogP contribution >= 0.6 is 0 Å². The van der Waals surface area contributed by atoms with Crippen LogP contribution in [0.2, 0.25) is 0 Å². The van der Waals surface area contributed by atoms with Gasteiger partial charge < -0.3 is 19.5 Å². The van der Waals surface area contributed by atoms with E-state index in [1.54, 1.807) is 18.2 Å². The first-order valence-corrected chi connectivity index (χ1v) is 9.01. The van der Waals surface area contributed by atoms with Crippen molar-refractivity contribution in [2.24, 2.45) is 0 Å². The van der Waals surface area contributed by atoms with E-state index in [2.05, 4.69) is 5.32 Å². The van der Waals surface area contributed by atoms with Gasteiger partial charge in [0.1, 0.15) is 13.2 Å². The van der Waals surface area contributed by atoms with E-state index in [9.17, 15) is 9.59 Å². The second-order valence-electron chi connectivity index (χ2n) is 6.39. The molecule has 4 rings (SSSR count). The molecule has 0 spiro atoms. The van der Waals surface area contributed by atoms with Crippen LogP contribution in [0.15, 0.2) is 60.7 Å². The molecular weight excluding hydrogens is 358 g/mol. The summed E-state index contributed by atoms with van der Waals surface area (Å²) in [5, 5.41) is 4.75. The molecule has 6 nitrogen and oxygen atoms in total. The first kappa shape index (κ1) is 17.9. The Bertz CT molecular complexity index is 1030. The molecule has 6 heteroatoms. The molecule has 0 bridgehead atoms. The van der Waals surface area contributed by atoms with E-state index in [-0.39, 0.29) is 18.9 Å². The number of carbonyl (C=O) groups is 2. The molecule has 0 atom stereocenters. The second-order valence-corrected chi connectivity index (χ2v) is 6.39. The van der Waals surface area contributed by atoms with Crippen LogP contribution in [0.5, 0.6) is 11.5 Å². The lowest BCUT2D eigenvalue weighted by Crippen LogP contribution is -2.22. The van der Waals surface area contributed by atoms with Gasteiger partial charge in [0.05, 0.1) is 6.42 Å². The maximum absolute atomic E-state index is 12.2. The van der Waals surface area contributed by atoms with Crippen LogP contribution in [0.1, 0.15) is 5.56 Å². The SMILES string of the molecule is O=C(COC(=O)Cc1ccc2c(c1)OCCO2)Nc1cccc2ccccc12. The fraction of sp³-hybridized carbons (Fsp3) is 0.182. The van der Waals surface area contributed by atoms with Crippen molar-refractivity contribution in [1.82, 2.24) is 0 Å². The Morgan fingerprint density at radius 1 is 0.929 bits per heavy atom. The number of hydrogen-bond acceptors (Lipinski definition) is 5. The summed E-state index contributed by atoms with van der Waals surface area (Å²) in [6.07, 6.45) is 0.0538. The Morgan fingerprint density at radius 2 is 1.71 bits per heavy atom. The second kappa shape index (κ2) is 8.00. The van der Waals surface area contributed by atoms with Gasteiger partial charge in [0, 0.05) is 11.1 Å². The summed E-state index contributed by atoms with van der Waals surface area (Å²) in [5.74, 6) is 0.416. The predicted molar refractivity (Wildman–Crippen MR) is 105 cm³/mol. The minimum absolute atomic E-state index is 0.0538. The Labute approximate surface area is 162 Å². The van der Waals surface area contributed by atoms with Crippen molar-refractivity contribution in [2.45, 2.75) is 6.42 Å². The number of esters is 1. The topological polar surface area (TPSA) is 73.9 Å².